The number of aromatic nitrogens is 1. The average molecular weight is 243 g/mol. The van der Waals surface area contributed by atoms with E-state index in [9.17, 15) is 4.39 Å². The van der Waals surface area contributed by atoms with E-state index in [1.54, 1.807) is 48.0 Å². The van der Waals surface area contributed by atoms with Crippen molar-refractivity contribution in [3.05, 3.63) is 59.7 Å². The normalized spacial score (nSPS) is 13.9. The fourth-order valence-corrected chi connectivity index (χ4v) is 2.13. The molecule has 0 aliphatic heterocycles. The highest BCUT2D eigenvalue weighted by Gasteiger charge is 2.22. The van der Waals surface area contributed by atoms with Gasteiger partial charge >= 0.3 is 0 Å². The van der Waals surface area contributed by atoms with Crippen LogP contribution in [0.15, 0.2) is 42.6 Å². The highest BCUT2D eigenvalue weighted by molar-refractivity contribution is 5.29. The molecule has 0 aliphatic rings. The molecule has 2 aromatic rings. The van der Waals surface area contributed by atoms with Gasteiger partial charge in [0.15, 0.2) is 0 Å². The first kappa shape index (κ1) is 12.3. The number of hydrogen-bond donors (Lipinski definition) is 1. The summed E-state index contributed by atoms with van der Waals surface area (Å²) in [4.78, 5) is 0. The van der Waals surface area contributed by atoms with Gasteiger partial charge in [-0.3, -0.25) is 0 Å². The minimum Gasteiger partial charge on any atom is -0.330 e. The van der Waals surface area contributed by atoms with E-state index in [4.69, 9.17) is 11.0 Å². The molecule has 2 rings (SSSR count). The van der Waals surface area contributed by atoms with E-state index in [1.165, 1.54) is 6.07 Å². The number of nitriles is 1. The van der Waals surface area contributed by atoms with Crippen LogP contribution >= 0.6 is 0 Å². The number of benzene rings is 1. The van der Waals surface area contributed by atoms with Crippen LogP contribution in [-0.4, -0.2) is 10.6 Å². The van der Waals surface area contributed by atoms with Crippen LogP contribution in [0.2, 0.25) is 0 Å². The van der Waals surface area contributed by atoms with Gasteiger partial charge in [-0.15, -0.1) is 0 Å². The Morgan fingerprint density at radius 2 is 2.00 bits per heavy atom. The molecule has 2 atom stereocenters. The Kier molecular flexibility index (Phi) is 3.45. The maximum absolute atomic E-state index is 13.9. The third-order valence-electron chi connectivity index (χ3n) is 2.92. The third kappa shape index (κ3) is 2.13. The Labute approximate surface area is 105 Å². The van der Waals surface area contributed by atoms with Crippen molar-refractivity contribution in [3.8, 4) is 6.07 Å². The van der Waals surface area contributed by atoms with Crippen molar-refractivity contribution in [1.82, 2.24) is 4.57 Å². The number of rotatable bonds is 3. The Morgan fingerprint density at radius 1 is 1.28 bits per heavy atom. The van der Waals surface area contributed by atoms with E-state index in [2.05, 4.69) is 6.07 Å². The molecule has 2 N–H and O–H groups in total. The lowest BCUT2D eigenvalue weighted by molar-refractivity contribution is 0.468. The van der Waals surface area contributed by atoms with Gasteiger partial charge in [0.25, 0.3) is 0 Å². The fraction of sp³-hybridized carbons (Fsp3) is 0.214. The summed E-state index contributed by atoms with van der Waals surface area (Å²) in [5.41, 5.74) is 6.93. The Balaban J connectivity index is 2.55. The van der Waals surface area contributed by atoms with Crippen molar-refractivity contribution < 1.29 is 4.39 Å². The molecule has 0 aliphatic carbocycles. The summed E-state index contributed by atoms with van der Waals surface area (Å²) in [5.74, 6) is -0.308. The third-order valence-corrected chi connectivity index (χ3v) is 2.92. The summed E-state index contributed by atoms with van der Waals surface area (Å²) in [6.45, 7) is 1.80. The van der Waals surface area contributed by atoms with Crippen LogP contribution in [0.4, 0.5) is 4.39 Å². The second kappa shape index (κ2) is 5.03. The van der Waals surface area contributed by atoms with Crippen LogP contribution in [-0.2, 0) is 0 Å². The topological polar surface area (TPSA) is 54.7 Å². The van der Waals surface area contributed by atoms with E-state index in [-0.39, 0.29) is 17.9 Å². The van der Waals surface area contributed by atoms with E-state index in [0.29, 0.717) is 11.3 Å². The summed E-state index contributed by atoms with van der Waals surface area (Å²) in [6.07, 6.45) is 1.75. The molecule has 0 radical (unpaired) electrons. The van der Waals surface area contributed by atoms with Gasteiger partial charge in [-0.1, -0.05) is 18.2 Å². The average Bonchev–Trinajstić information content (AvgIpc) is 2.79. The van der Waals surface area contributed by atoms with Crippen molar-refractivity contribution in [2.45, 2.75) is 19.0 Å². The molecule has 18 heavy (non-hydrogen) atoms. The summed E-state index contributed by atoms with van der Waals surface area (Å²) in [7, 11) is 0. The molecular formula is C14H14FN3. The van der Waals surface area contributed by atoms with Gasteiger partial charge in [-0.2, -0.15) is 5.26 Å². The van der Waals surface area contributed by atoms with Crippen molar-refractivity contribution in [3.63, 3.8) is 0 Å². The van der Waals surface area contributed by atoms with E-state index in [1.807, 2.05) is 0 Å². The summed E-state index contributed by atoms with van der Waals surface area (Å²) in [5, 5.41) is 9.05. The summed E-state index contributed by atoms with van der Waals surface area (Å²) >= 11 is 0. The highest BCUT2D eigenvalue weighted by Crippen LogP contribution is 2.25. The lowest BCUT2D eigenvalue weighted by Crippen LogP contribution is -2.31. The molecule has 4 heteroatoms. The molecule has 3 nitrogen and oxygen atoms in total. The van der Waals surface area contributed by atoms with Gasteiger partial charge < -0.3 is 10.3 Å². The Bertz CT molecular complexity index is 579. The predicted molar refractivity (Wildman–Crippen MR) is 67.3 cm³/mol. The SMILES string of the molecule is CC(N)C(c1ccccc1F)n1cccc1C#N. The Morgan fingerprint density at radius 3 is 2.61 bits per heavy atom. The van der Waals surface area contributed by atoms with Crippen molar-refractivity contribution in [1.29, 1.82) is 5.26 Å². The first-order chi connectivity index (χ1) is 8.65. The van der Waals surface area contributed by atoms with E-state index in [0.717, 1.165) is 0 Å². The molecule has 1 heterocycles. The molecule has 0 saturated heterocycles. The van der Waals surface area contributed by atoms with Crippen LogP contribution in [0.5, 0.6) is 0 Å². The fourth-order valence-electron chi connectivity index (χ4n) is 2.13. The Hall–Kier alpha value is -2.12. The smallest absolute Gasteiger partial charge is 0.128 e. The molecular weight excluding hydrogens is 229 g/mol. The second-order valence-corrected chi connectivity index (χ2v) is 4.24. The van der Waals surface area contributed by atoms with E-state index < -0.39 is 0 Å². The zero-order valence-corrected chi connectivity index (χ0v) is 10.0. The summed E-state index contributed by atoms with van der Waals surface area (Å²) in [6, 6.07) is 11.4. The molecule has 0 spiro atoms. The molecule has 2 unspecified atom stereocenters. The van der Waals surface area contributed by atoms with Crippen LogP contribution < -0.4 is 5.73 Å². The zero-order chi connectivity index (χ0) is 13.1. The van der Waals surface area contributed by atoms with Crippen molar-refractivity contribution >= 4 is 0 Å². The molecule has 92 valence electrons. The second-order valence-electron chi connectivity index (χ2n) is 4.24. The van der Waals surface area contributed by atoms with Gasteiger partial charge in [0.2, 0.25) is 0 Å². The molecule has 1 aromatic heterocycles. The van der Waals surface area contributed by atoms with Crippen LogP contribution in [0.25, 0.3) is 0 Å². The minimum atomic E-state index is -0.379. The monoisotopic (exact) mass is 243 g/mol. The highest BCUT2D eigenvalue weighted by atomic mass is 19.1. The van der Waals surface area contributed by atoms with Gasteiger partial charge in [0, 0.05) is 17.8 Å². The summed E-state index contributed by atoms with van der Waals surface area (Å²) < 4.78 is 15.6. The van der Waals surface area contributed by atoms with Gasteiger partial charge in [-0.25, -0.2) is 4.39 Å². The first-order valence-electron chi connectivity index (χ1n) is 5.72. The maximum atomic E-state index is 13.9. The predicted octanol–water partition coefficient (Wildman–Crippen LogP) is 2.44. The standard InChI is InChI=1S/C14H14FN3/c1-10(17)14(12-6-2-3-7-13(12)15)18-8-4-5-11(18)9-16/h2-8,10,14H,17H2,1H3. The van der Waals surface area contributed by atoms with Crippen LogP contribution in [0, 0.1) is 17.1 Å². The lowest BCUT2D eigenvalue weighted by Gasteiger charge is -2.24. The van der Waals surface area contributed by atoms with Crippen LogP contribution in [0.3, 0.4) is 0 Å². The molecule has 0 amide bonds. The quantitative estimate of drug-likeness (QED) is 0.900. The first-order valence-corrected chi connectivity index (χ1v) is 5.72. The zero-order valence-electron chi connectivity index (χ0n) is 10.0. The number of halogens is 1. The number of nitrogens with two attached hydrogens (primary N) is 1. The number of hydrogen-bond acceptors (Lipinski definition) is 2. The number of nitrogens with zero attached hydrogens (tertiary/aromatic N) is 2. The minimum absolute atomic E-state index is 0.304. The van der Waals surface area contributed by atoms with Crippen molar-refractivity contribution in [2.75, 3.05) is 0 Å². The van der Waals surface area contributed by atoms with Gasteiger partial charge in [0.1, 0.15) is 17.6 Å². The maximum Gasteiger partial charge on any atom is 0.128 e. The molecule has 0 saturated carbocycles. The van der Waals surface area contributed by atoms with E-state index >= 15 is 0 Å². The van der Waals surface area contributed by atoms with Crippen molar-refractivity contribution in [2.24, 2.45) is 5.73 Å². The largest absolute Gasteiger partial charge is 0.330 e. The molecule has 0 fully saturated rings. The van der Waals surface area contributed by atoms with Gasteiger partial charge in [0.05, 0.1) is 6.04 Å². The van der Waals surface area contributed by atoms with Gasteiger partial charge in [-0.05, 0) is 25.1 Å². The lowest BCUT2D eigenvalue weighted by atomic mass is 10.00. The molecule has 1 aromatic carbocycles. The molecule has 0 bridgehead atoms. The van der Waals surface area contributed by atoms with Crippen LogP contribution in [0.1, 0.15) is 24.2 Å².